The van der Waals surface area contributed by atoms with E-state index in [2.05, 4.69) is 0 Å². The number of amides is 1. The van der Waals surface area contributed by atoms with E-state index in [9.17, 15) is 30.8 Å². The maximum Gasteiger partial charge on any atom is 0.416 e. The summed E-state index contributed by atoms with van der Waals surface area (Å²) in [6, 6.07) is 7.27. The molecule has 0 saturated heterocycles. The molecule has 1 amide bonds. The summed E-state index contributed by atoms with van der Waals surface area (Å²) in [4.78, 5) is 10.5. The van der Waals surface area contributed by atoms with Gasteiger partial charge in [0, 0.05) is 0 Å². The summed E-state index contributed by atoms with van der Waals surface area (Å²) in [7, 11) is -4.26. The van der Waals surface area contributed by atoms with Crippen molar-refractivity contribution >= 4 is 33.7 Å². The van der Waals surface area contributed by atoms with Gasteiger partial charge in [-0.05, 0) is 42.0 Å². The van der Waals surface area contributed by atoms with E-state index in [1.807, 2.05) is 0 Å². The van der Waals surface area contributed by atoms with Crippen molar-refractivity contribution in [1.82, 2.24) is 0 Å². The first-order valence-corrected chi connectivity index (χ1v) is 8.75. The Bertz CT molecular complexity index is 942. The fourth-order valence-electron chi connectivity index (χ4n) is 1.64. The third kappa shape index (κ3) is 8.20. The number of carbonyl (C=O) groups is 1. The van der Waals surface area contributed by atoms with Crippen LogP contribution in [0.4, 0.5) is 17.6 Å². The molecule has 0 atom stereocenters. The van der Waals surface area contributed by atoms with Crippen LogP contribution in [-0.2, 0) is 16.3 Å². The molecule has 0 radical (unpaired) electrons. The highest BCUT2D eigenvalue weighted by molar-refractivity contribution is 7.88. The Morgan fingerprint density at radius 1 is 1.11 bits per heavy atom. The summed E-state index contributed by atoms with van der Waals surface area (Å²) >= 11 is 5.48. The van der Waals surface area contributed by atoms with Crippen LogP contribution in [0.2, 0.25) is 5.02 Å². The predicted octanol–water partition coefficient (Wildman–Crippen LogP) is 4.14. The summed E-state index contributed by atoms with van der Waals surface area (Å²) < 4.78 is 77.8. The summed E-state index contributed by atoms with van der Waals surface area (Å²) in [5.41, 5.74) is 4.47. The van der Waals surface area contributed by atoms with Crippen molar-refractivity contribution in [1.29, 1.82) is 0 Å². The zero-order valence-electron chi connectivity index (χ0n) is 13.2. The van der Waals surface area contributed by atoms with Crippen LogP contribution in [0.5, 0.6) is 0 Å². The number of primary amides is 1. The second-order valence-corrected chi connectivity index (χ2v) is 6.64. The maximum absolute atomic E-state index is 12.4. The van der Waals surface area contributed by atoms with E-state index in [1.165, 1.54) is 6.07 Å². The number of rotatable bonds is 3. The van der Waals surface area contributed by atoms with Crippen molar-refractivity contribution in [3.63, 3.8) is 0 Å². The smallest absolute Gasteiger partial charge is 0.366 e. The molecule has 146 valence electrons. The number of halogens is 5. The minimum Gasteiger partial charge on any atom is -0.366 e. The normalized spacial score (nSPS) is 11.8. The highest BCUT2D eigenvalue weighted by Gasteiger charge is 2.29. The fraction of sp³-hybridized carbons (Fsp3) is 0.0625. The van der Waals surface area contributed by atoms with Crippen LogP contribution in [0, 0.1) is 5.82 Å². The van der Waals surface area contributed by atoms with Gasteiger partial charge in [-0.2, -0.15) is 21.6 Å². The van der Waals surface area contributed by atoms with E-state index in [4.69, 9.17) is 21.9 Å². The largest absolute Gasteiger partial charge is 0.416 e. The molecule has 0 saturated carbocycles. The Balaban J connectivity index is 0.000000289. The SMILES string of the molecule is NC(=O)c1ccc(F)cc1Cl.O=S(=O)(O)C=Cc1ccc(C(F)(F)F)cc1. The van der Waals surface area contributed by atoms with E-state index in [1.54, 1.807) is 0 Å². The zero-order valence-corrected chi connectivity index (χ0v) is 14.8. The van der Waals surface area contributed by atoms with Gasteiger partial charge in [0.1, 0.15) is 5.82 Å². The van der Waals surface area contributed by atoms with Gasteiger partial charge in [0.2, 0.25) is 5.91 Å². The van der Waals surface area contributed by atoms with E-state index < -0.39 is 33.6 Å². The first-order valence-electron chi connectivity index (χ1n) is 6.87. The molecule has 0 spiro atoms. The number of nitrogens with two attached hydrogens (primary N) is 1. The van der Waals surface area contributed by atoms with Crippen LogP contribution in [0.3, 0.4) is 0 Å². The first kappa shape index (κ1) is 22.6. The van der Waals surface area contributed by atoms with E-state index >= 15 is 0 Å². The van der Waals surface area contributed by atoms with E-state index in [-0.39, 0.29) is 16.1 Å². The van der Waals surface area contributed by atoms with Gasteiger partial charge >= 0.3 is 6.18 Å². The zero-order chi connectivity index (χ0) is 20.8. The molecule has 0 aliphatic heterocycles. The van der Waals surface area contributed by atoms with Crippen molar-refractivity contribution < 1.29 is 35.3 Å². The van der Waals surface area contributed by atoms with Gasteiger partial charge < -0.3 is 5.73 Å². The summed E-state index contributed by atoms with van der Waals surface area (Å²) in [6.45, 7) is 0. The van der Waals surface area contributed by atoms with Gasteiger partial charge in [-0.3, -0.25) is 9.35 Å². The Morgan fingerprint density at radius 2 is 1.67 bits per heavy atom. The molecule has 0 fully saturated rings. The van der Waals surface area contributed by atoms with Crippen molar-refractivity contribution in [2.24, 2.45) is 5.73 Å². The monoisotopic (exact) mass is 425 g/mol. The molecule has 3 N–H and O–H groups in total. The molecule has 11 heteroatoms. The molecule has 2 aromatic carbocycles. The van der Waals surface area contributed by atoms with Crippen LogP contribution < -0.4 is 5.73 Å². The number of hydrogen-bond acceptors (Lipinski definition) is 3. The van der Waals surface area contributed by atoms with Crippen molar-refractivity contribution in [2.45, 2.75) is 6.18 Å². The number of carbonyl (C=O) groups excluding carboxylic acids is 1. The molecule has 0 heterocycles. The quantitative estimate of drug-likeness (QED) is 0.570. The third-order valence-corrected chi connectivity index (χ3v) is 3.66. The third-order valence-electron chi connectivity index (χ3n) is 2.87. The second kappa shape index (κ2) is 8.98. The Labute approximate surface area is 156 Å². The van der Waals surface area contributed by atoms with Gasteiger partial charge in [0.05, 0.1) is 21.6 Å². The summed E-state index contributed by atoms with van der Waals surface area (Å²) in [6.07, 6.45) is -3.43. The van der Waals surface area contributed by atoms with Gasteiger partial charge in [-0.25, -0.2) is 4.39 Å². The maximum atomic E-state index is 12.4. The second-order valence-electron chi connectivity index (χ2n) is 4.93. The molecule has 0 aliphatic carbocycles. The Hall–Kier alpha value is -2.43. The molecule has 5 nitrogen and oxygen atoms in total. The highest BCUT2D eigenvalue weighted by atomic mass is 35.5. The predicted molar refractivity (Wildman–Crippen MR) is 92.0 cm³/mol. The van der Waals surface area contributed by atoms with Crippen LogP contribution in [0.25, 0.3) is 6.08 Å². The lowest BCUT2D eigenvalue weighted by molar-refractivity contribution is -0.137. The molecule has 0 bridgehead atoms. The summed E-state index contributed by atoms with van der Waals surface area (Å²) in [5, 5.41) is 0.535. The van der Waals surface area contributed by atoms with Gasteiger partial charge in [-0.1, -0.05) is 23.7 Å². The minimum absolute atomic E-state index is 0.0394. The standard InChI is InChI=1S/C9H7F3O3S.C7H5ClFNO/c10-9(11,12)8-3-1-7(2-4-8)5-6-16(13,14)15;8-6-3-4(9)1-2-5(6)7(10)11/h1-6H,(H,13,14,15);1-3H,(H2,10,11). The molecule has 2 rings (SSSR count). The highest BCUT2D eigenvalue weighted by Crippen LogP contribution is 2.29. The van der Waals surface area contributed by atoms with Gasteiger partial charge in [0.15, 0.2) is 0 Å². The van der Waals surface area contributed by atoms with Crippen LogP contribution in [-0.4, -0.2) is 18.9 Å². The summed E-state index contributed by atoms with van der Waals surface area (Å²) in [5.74, 6) is -1.14. The molecule has 2 aromatic rings. The average molecular weight is 426 g/mol. The molecular weight excluding hydrogens is 414 g/mol. The lowest BCUT2D eigenvalue weighted by atomic mass is 10.1. The lowest BCUT2D eigenvalue weighted by Gasteiger charge is -2.05. The molecule has 27 heavy (non-hydrogen) atoms. The number of hydrogen-bond donors (Lipinski definition) is 2. The van der Waals surface area contributed by atoms with E-state index in [0.29, 0.717) is 5.41 Å². The lowest BCUT2D eigenvalue weighted by Crippen LogP contribution is -2.11. The van der Waals surface area contributed by atoms with E-state index in [0.717, 1.165) is 42.5 Å². The van der Waals surface area contributed by atoms with Crippen LogP contribution in [0.1, 0.15) is 21.5 Å². The van der Waals surface area contributed by atoms with Gasteiger partial charge in [-0.15, -0.1) is 0 Å². The molecule has 0 unspecified atom stereocenters. The van der Waals surface area contributed by atoms with Crippen LogP contribution >= 0.6 is 11.6 Å². The van der Waals surface area contributed by atoms with Crippen LogP contribution in [0.15, 0.2) is 47.9 Å². The Kier molecular flexibility index (Phi) is 7.52. The van der Waals surface area contributed by atoms with Crippen molar-refractivity contribution in [2.75, 3.05) is 0 Å². The molecule has 0 aromatic heterocycles. The van der Waals surface area contributed by atoms with Gasteiger partial charge in [0.25, 0.3) is 10.1 Å². The first-order chi connectivity index (χ1) is 12.3. The number of alkyl halides is 3. The number of benzene rings is 2. The average Bonchev–Trinajstić information content (AvgIpc) is 2.52. The molecular formula is C16H12ClF4NO4S. The topological polar surface area (TPSA) is 97.5 Å². The molecule has 0 aliphatic rings. The fourth-order valence-corrected chi connectivity index (χ4v) is 2.23. The van der Waals surface area contributed by atoms with Crippen molar-refractivity contribution in [3.05, 3.63) is 75.4 Å². The Morgan fingerprint density at radius 3 is 2.07 bits per heavy atom. The minimum atomic E-state index is -4.43. The van der Waals surface area contributed by atoms with Crippen molar-refractivity contribution in [3.8, 4) is 0 Å².